The summed E-state index contributed by atoms with van der Waals surface area (Å²) in [5.74, 6) is 0.936. The second-order valence-electron chi connectivity index (χ2n) is 5.06. The summed E-state index contributed by atoms with van der Waals surface area (Å²) in [5, 5.41) is 3.09. The monoisotopic (exact) mass is 377 g/mol. The van der Waals surface area contributed by atoms with Gasteiger partial charge in [-0.3, -0.25) is 4.79 Å². The largest absolute Gasteiger partial charge is 0.351 e. The van der Waals surface area contributed by atoms with Gasteiger partial charge in [-0.2, -0.15) is 0 Å². The first-order chi connectivity index (χ1) is 8.11. The van der Waals surface area contributed by atoms with E-state index >= 15 is 0 Å². The van der Waals surface area contributed by atoms with E-state index < -0.39 is 0 Å². The number of halogens is 2. The van der Waals surface area contributed by atoms with Crippen molar-refractivity contribution in [3.63, 3.8) is 0 Å². The molecule has 92 valence electrons. The highest BCUT2D eigenvalue weighted by molar-refractivity contribution is 9.12. The smallest absolute Gasteiger partial charge is 0.253 e. The molecule has 0 aliphatic heterocycles. The van der Waals surface area contributed by atoms with Crippen LogP contribution < -0.4 is 5.32 Å². The molecular formula is C12H13Br2NOS. The summed E-state index contributed by atoms with van der Waals surface area (Å²) >= 11 is 8.36. The van der Waals surface area contributed by atoms with Gasteiger partial charge < -0.3 is 5.32 Å². The Labute approximate surface area is 121 Å². The van der Waals surface area contributed by atoms with Gasteiger partial charge in [-0.25, -0.2) is 0 Å². The van der Waals surface area contributed by atoms with Gasteiger partial charge in [0.1, 0.15) is 0 Å². The SMILES string of the molecule is O=C(NCC1(C2CC2)CC1)c1cc(Br)sc1Br. The molecule has 0 saturated heterocycles. The number of nitrogens with one attached hydrogen (secondary N) is 1. The van der Waals surface area contributed by atoms with Gasteiger partial charge in [-0.05, 0) is 74.9 Å². The van der Waals surface area contributed by atoms with Gasteiger partial charge in [0.2, 0.25) is 0 Å². The molecule has 2 nitrogen and oxygen atoms in total. The van der Waals surface area contributed by atoms with E-state index in [1.165, 1.54) is 37.0 Å². The molecule has 2 saturated carbocycles. The number of carbonyl (C=O) groups excluding carboxylic acids is 1. The van der Waals surface area contributed by atoms with Crippen LogP contribution in [0.25, 0.3) is 0 Å². The van der Waals surface area contributed by atoms with E-state index in [0.717, 1.165) is 25.6 Å². The van der Waals surface area contributed by atoms with Gasteiger partial charge in [0.25, 0.3) is 5.91 Å². The molecule has 0 spiro atoms. The summed E-state index contributed by atoms with van der Waals surface area (Å²) in [4.78, 5) is 12.0. The predicted octanol–water partition coefficient (Wildman–Crippen LogP) is 4.19. The van der Waals surface area contributed by atoms with Crippen LogP contribution >= 0.6 is 43.2 Å². The Hall–Kier alpha value is 0.130. The first-order valence-electron chi connectivity index (χ1n) is 5.84. The second-order valence-corrected chi connectivity index (χ2v) is 8.81. The van der Waals surface area contributed by atoms with Crippen molar-refractivity contribution >= 4 is 49.1 Å². The van der Waals surface area contributed by atoms with Crippen LogP contribution in [0.3, 0.4) is 0 Å². The minimum atomic E-state index is 0.0470. The molecule has 5 heteroatoms. The van der Waals surface area contributed by atoms with Gasteiger partial charge in [0, 0.05) is 6.54 Å². The normalized spacial score (nSPS) is 21.3. The van der Waals surface area contributed by atoms with Crippen molar-refractivity contribution < 1.29 is 4.79 Å². The number of carbonyl (C=O) groups is 1. The van der Waals surface area contributed by atoms with Crippen LogP contribution in [0.2, 0.25) is 0 Å². The molecule has 2 fully saturated rings. The molecule has 1 aromatic heterocycles. The summed E-state index contributed by atoms with van der Waals surface area (Å²) < 4.78 is 1.89. The fraction of sp³-hybridized carbons (Fsp3) is 0.583. The average Bonchev–Trinajstić information content (AvgIpc) is 3.13. The van der Waals surface area contributed by atoms with E-state index in [1.807, 2.05) is 6.07 Å². The van der Waals surface area contributed by atoms with Crippen molar-refractivity contribution in [1.82, 2.24) is 5.32 Å². The Morgan fingerprint density at radius 3 is 2.65 bits per heavy atom. The number of rotatable bonds is 4. The van der Waals surface area contributed by atoms with Crippen LogP contribution in [0.4, 0.5) is 0 Å². The fourth-order valence-corrected chi connectivity index (χ4v) is 5.23. The zero-order chi connectivity index (χ0) is 12.0. The van der Waals surface area contributed by atoms with Gasteiger partial charge in [-0.15, -0.1) is 11.3 Å². The van der Waals surface area contributed by atoms with Crippen LogP contribution in [0.1, 0.15) is 36.0 Å². The van der Waals surface area contributed by atoms with Gasteiger partial charge >= 0.3 is 0 Å². The molecule has 0 atom stereocenters. The van der Waals surface area contributed by atoms with Crippen LogP contribution in [0.5, 0.6) is 0 Å². The van der Waals surface area contributed by atoms with E-state index in [9.17, 15) is 4.79 Å². The van der Waals surface area contributed by atoms with Gasteiger partial charge in [0.05, 0.1) is 13.1 Å². The van der Waals surface area contributed by atoms with E-state index in [2.05, 4.69) is 37.2 Å². The second kappa shape index (κ2) is 4.35. The summed E-state index contributed by atoms with van der Waals surface area (Å²) in [6.07, 6.45) is 5.33. The topological polar surface area (TPSA) is 29.1 Å². The zero-order valence-corrected chi connectivity index (χ0v) is 13.3. The highest BCUT2D eigenvalue weighted by Gasteiger charge is 2.53. The standard InChI is InChI=1S/C12H13Br2NOS/c13-9-5-8(10(14)17-9)11(16)15-6-12(3-4-12)7-1-2-7/h5,7H,1-4,6H2,(H,15,16). The first kappa shape index (κ1) is 12.2. The van der Waals surface area contributed by atoms with Crippen LogP contribution in [-0.2, 0) is 0 Å². The first-order valence-corrected chi connectivity index (χ1v) is 8.24. The Morgan fingerprint density at radius 1 is 1.47 bits per heavy atom. The van der Waals surface area contributed by atoms with E-state index in [4.69, 9.17) is 0 Å². The van der Waals surface area contributed by atoms with Crippen molar-refractivity contribution in [2.75, 3.05) is 6.54 Å². The highest BCUT2D eigenvalue weighted by atomic mass is 79.9. The lowest BCUT2D eigenvalue weighted by Gasteiger charge is -2.14. The number of amides is 1. The maximum Gasteiger partial charge on any atom is 0.253 e. The molecule has 2 aliphatic rings. The summed E-state index contributed by atoms with van der Waals surface area (Å²) in [6.45, 7) is 0.858. The minimum Gasteiger partial charge on any atom is -0.351 e. The fourth-order valence-electron chi connectivity index (χ4n) is 2.43. The Bertz CT molecular complexity index is 463. The molecule has 1 heterocycles. The average molecular weight is 379 g/mol. The van der Waals surface area contributed by atoms with Gasteiger partial charge in [0.15, 0.2) is 0 Å². The van der Waals surface area contributed by atoms with Crippen molar-refractivity contribution in [1.29, 1.82) is 0 Å². The lowest BCUT2D eigenvalue weighted by molar-refractivity contribution is 0.0942. The van der Waals surface area contributed by atoms with Crippen LogP contribution in [-0.4, -0.2) is 12.5 Å². The summed E-state index contributed by atoms with van der Waals surface area (Å²) in [5.41, 5.74) is 1.21. The van der Waals surface area contributed by atoms with Crippen molar-refractivity contribution in [3.05, 3.63) is 19.2 Å². The summed E-state index contributed by atoms with van der Waals surface area (Å²) in [7, 11) is 0. The van der Waals surface area contributed by atoms with Crippen LogP contribution in [0, 0.1) is 11.3 Å². The molecule has 0 aromatic carbocycles. The molecule has 1 aromatic rings. The molecule has 17 heavy (non-hydrogen) atoms. The third-order valence-electron chi connectivity index (χ3n) is 3.84. The predicted molar refractivity (Wildman–Crippen MR) is 76.4 cm³/mol. The Balaban J connectivity index is 1.62. The quantitative estimate of drug-likeness (QED) is 0.835. The maximum absolute atomic E-state index is 12.0. The van der Waals surface area contributed by atoms with E-state index in [1.54, 1.807) is 0 Å². The Morgan fingerprint density at radius 2 is 2.18 bits per heavy atom. The number of thiophene rings is 1. The lowest BCUT2D eigenvalue weighted by atomic mass is 10.0. The number of hydrogen-bond acceptors (Lipinski definition) is 2. The molecular weight excluding hydrogens is 366 g/mol. The number of hydrogen-bond donors (Lipinski definition) is 1. The van der Waals surface area contributed by atoms with Crippen LogP contribution in [0.15, 0.2) is 13.6 Å². The molecule has 0 radical (unpaired) electrons. The van der Waals surface area contributed by atoms with Gasteiger partial charge in [-0.1, -0.05) is 0 Å². The zero-order valence-electron chi connectivity index (χ0n) is 9.26. The molecule has 0 unspecified atom stereocenters. The van der Waals surface area contributed by atoms with Crippen molar-refractivity contribution in [2.45, 2.75) is 25.7 Å². The van der Waals surface area contributed by atoms with Crippen molar-refractivity contribution in [2.24, 2.45) is 11.3 Å². The molecule has 1 N–H and O–H groups in total. The Kier molecular flexibility index (Phi) is 3.12. The molecule has 0 bridgehead atoms. The molecule has 2 aliphatic carbocycles. The third kappa shape index (κ3) is 2.47. The summed E-state index contributed by atoms with van der Waals surface area (Å²) in [6, 6.07) is 1.88. The minimum absolute atomic E-state index is 0.0470. The van der Waals surface area contributed by atoms with Crippen molar-refractivity contribution in [3.8, 4) is 0 Å². The van der Waals surface area contributed by atoms with E-state index in [0.29, 0.717) is 5.41 Å². The highest BCUT2D eigenvalue weighted by Crippen LogP contribution is 2.60. The lowest BCUT2D eigenvalue weighted by Crippen LogP contribution is -2.31. The molecule has 3 rings (SSSR count). The maximum atomic E-state index is 12.0. The third-order valence-corrected chi connectivity index (χ3v) is 6.18. The molecule has 1 amide bonds. The van der Waals surface area contributed by atoms with E-state index in [-0.39, 0.29) is 5.91 Å².